The fourth-order valence-electron chi connectivity index (χ4n) is 7.58. The van der Waals surface area contributed by atoms with Crippen LogP contribution in [0, 0.1) is 17.2 Å². The summed E-state index contributed by atoms with van der Waals surface area (Å²) in [5.41, 5.74) is 6.86. The number of aromatic nitrogens is 2. The molecule has 2 saturated heterocycles. The summed E-state index contributed by atoms with van der Waals surface area (Å²) in [6.45, 7) is 9.46. The van der Waals surface area contributed by atoms with E-state index >= 15 is 0 Å². The lowest BCUT2D eigenvalue weighted by molar-refractivity contribution is -0.128. The summed E-state index contributed by atoms with van der Waals surface area (Å²) < 4.78 is 6.33. The topological polar surface area (TPSA) is 85.6 Å². The highest BCUT2D eigenvalue weighted by Gasteiger charge is 2.36. The highest BCUT2D eigenvalue weighted by molar-refractivity contribution is 5.87. The Kier molecular flexibility index (Phi) is 7.99. The maximum Gasteiger partial charge on any atom is 0.318 e. The quantitative estimate of drug-likeness (QED) is 0.477. The fraction of sp³-hybridized carbons (Fsp3) is 0.576. The third-order valence-electron chi connectivity index (χ3n) is 9.90. The first-order valence-corrected chi connectivity index (χ1v) is 15.3. The fourth-order valence-corrected chi connectivity index (χ4v) is 7.58. The zero-order chi connectivity index (χ0) is 28.5. The minimum atomic E-state index is -0.206. The summed E-state index contributed by atoms with van der Waals surface area (Å²) in [6, 6.07) is 9.78. The van der Waals surface area contributed by atoms with E-state index in [0.29, 0.717) is 50.1 Å². The van der Waals surface area contributed by atoms with Crippen molar-refractivity contribution in [2.24, 2.45) is 5.92 Å². The van der Waals surface area contributed by atoms with Gasteiger partial charge in [0.1, 0.15) is 12.4 Å². The molecule has 0 saturated carbocycles. The number of anilines is 1. The van der Waals surface area contributed by atoms with Crippen LogP contribution in [0.25, 0.3) is 0 Å². The van der Waals surface area contributed by atoms with Gasteiger partial charge in [0.2, 0.25) is 5.91 Å². The number of ether oxygens (including phenoxy) is 1. The number of nitriles is 1. The Bertz CT molecular complexity index is 1350. The van der Waals surface area contributed by atoms with Crippen LogP contribution in [0.15, 0.2) is 30.9 Å². The number of benzene rings is 1. The number of carbonyl (C=O) groups excluding carboxylic acids is 1. The minimum absolute atomic E-state index is 0.119. The number of piperazine rings is 1. The van der Waals surface area contributed by atoms with Gasteiger partial charge in [-0.3, -0.25) is 4.79 Å². The Morgan fingerprint density at radius 3 is 2.80 bits per heavy atom. The van der Waals surface area contributed by atoms with Crippen molar-refractivity contribution >= 4 is 11.7 Å². The Morgan fingerprint density at radius 1 is 1.15 bits per heavy atom. The predicted octanol–water partition coefficient (Wildman–Crippen LogP) is 4.07. The highest BCUT2D eigenvalue weighted by Crippen LogP contribution is 2.43. The number of rotatable bonds is 7. The number of likely N-dealkylation sites (N-methyl/N-ethyl adjacent to an activating group) is 1. The highest BCUT2D eigenvalue weighted by atomic mass is 16.5. The van der Waals surface area contributed by atoms with Gasteiger partial charge in [-0.2, -0.15) is 15.2 Å². The smallest absolute Gasteiger partial charge is 0.318 e. The van der Waals surface area contributed by atoms with Crippen LogP contribution >= 0.6 is 0 Å². The summed E-state index contributed by atoms with van der Waals surface area (Å²) in [6.07, 6.45) is 9.32. The van der Waals surface area contributed by atoms with Crippen LogP contribution in [0.3, 0.4) is 0 Å². The van der Waals surface area contributed by atoms with Gasteiger partial charge in [-0.1, -0.05) is 31.7 Å². The molecule has 4 aliphatic rings. The number of hydrogen-bond acceptors (Lipinski definition) is 7. The molecular formula is C33H42N6O2. The summed E-state index contributed by atoms with van der Waals surface area (Å²) in [5, 5.41) is 9.54. The molecule has 216 valence electrons. The van der Waals surface area contributed by atoms with Crippen molar-refractivity contribution in [1.29, 1.82) is 5.26 Å². The molecule has 2 aliphatic carbocycles. The number of amides is 1. The van der Waals surface area contributed by atoms with Crippen LogP contribution in [-0.4, -0.2) is 77.6 Å². The summed E-state index contributed by atoms with van der Waals surface area (Å²) in [4.78, 5) is 29.0. The van der Waals surface area contributed by atoms with E-state index in [2.05, 4.69) is 54.6 Å². The lowest BCUT2D eigenvalue weighted by atomic mass is 9.73. The average Bonchev–Trinajstić information content (AvgIpc) is 3.64. The van der Waals surface area contributed by atoms with Gasteiger partial charge in [0.05, 0.1) is 24.2 Å². The van der Waals surface area contributed by atoms with Gasteiger partial charge >= 0.3 is 6.01 Å². The summed E-state index contributed by atoms with van der Waals surface area (Å²) in [5.74, 6) is 1.67. The second kappa shape index (κ2) is 11.8. The van der Waals surface area contributed by atoms with Crippen LogP contribution in [-0.2, 0) is 30.5 Å². The molecule has 1 amide bonds. The molecular weight excluding hydrogens is 512 g/mol. The molecule has 2 aromatic rings. The third-order valence-corrected chi connectivity index (χ3v) is 9.90. The number of carbonyl (C=O) groups is 1. The van der Waals surface area contributed by atoms with E-state index in [0.717, 1.165) is 37.3 Å². The molecule has 0 N–H and O–H groups in total. The van der Waals surface area contributed by atoms with Crippen LogP contribution in [0.1, 0.15) is 66.5 Å². The number of nitrogens with zero attached hydrogens (tertiary/aromatic N) is 6. The lowest BCUT2D eigenvalue weighted by Gasteiger charge is -2.42. The Labute approximate surface area is 244 Å². The molecule has 0 radical (unpaired) electrons. The van der Waals surface area contributed by atoms with Crippen molar-refractivity contribution in [3.8, 4) is 12.1 Å². The van der Waals surface area contributed by atoms with Crippen molar-refractivity contribution < 1.29 is 9.53 Å². The number of likely N-dealkylation sites (tertiary alicyclic amines) is 1. The summed E-state index contributed by atoms with van der Waals surface area (Å²) >= 11 is 0. The Balaban J connectivity index is 1.33. The van der Waals surface area contributed by atoms with E-state index in [1.165, 1.54) is 48.4 Å². The molecule has 2 aliphatic heterocycles. The van der Waals surface area contributed by atoms with E-state index in [1.807, 2.05) is 0 Å². The van der Waals surface area contributed by atoms with Gasteiger partial charge in [-0.05, 0) is 93.1 Å². The van der Waals surface area contributed by atoms with Gasteiger partial charge in [0.25, 0.3) is 0 Å². The second-order valence-electron chi connectivity index (χ2n) is 12.4. The number of fused-ring (bicyclic) bond motifs is 2. The molecule has 1 aromatic carbocycles. The predicted molar refractivity (Wildman–Crippen MR) is 159 cm³/mol. The SMILES string of the molecule is C=CC(=O)N1CCN(c2nc(OC[C@@H]3CCCN3C)nc3c2C[C@@H](C)[C@H](c2cccc4c2CCC4)C3)C[C@H]1CC#N. The minimum Gasteiger partial charge on any atom is -0.462 e. The number of hydrogen-bond donors (Lipinski definition) is 0. The zero-order valence-electron chi connectivity index (χ0n) is 24.5. The van der Waals surface area contributed by atoms with Crippen LogP contribution in [0.4, 0.5) is 5.82 Å². The zero-order valence-corrected chi connectivity index (χ0v) is 24.5. The standard InChI is InChI=1S/C33H42N6O2/c1-4-31(40)39-17-16-38(20-24(39)13-14-34)32-29-18-22(2)28(27-12-6-9-23-8-5-11-26(23)27)19-30(29)35-33(36-32)41-21-25-10-7-15-37(25)3/h4,6,9,12,22,24-25,28H,1,5,7-8,10-11,13,15-21H2,2-3H3/t22-,24-,25+,28-/m1/s1. The summed E-state index contributed by atoms with van der Waals surface area (Å²) in [7, 11) is 2.16. The maximum atomic E-state index is 12.5. The van der Waals surface area contributed by atoms with Crippen molar-refractivity contribution in [2.75, 3.05) is 44.7 Å². The molecule has 0 bridgehead atoms. The van der Waals surface area contributed by atoms with E-state index in [1.54, 1.807) is 10.5 Å². The Morgan fingerprint density at radius 2 is 2.02 bits per heavy atom. The molecule has 0 spiro atoms. The largest absolute Gasteiger partial charge is 0.462 e. The molecule has 41 heavy (non-hydrogen) atoms. The van der Waals surface area contributed by atoms with Crippen molar-refractivity contribution in [3.05, 3.63) is 58.8 Å². The van der Waals surface area contributed by atoms with E-state index in [9.17, 15) is 10.1 Å². The van der Waals surface area contributed by atoms with E-state index in [4.69, 9.17) is 14.7 Å². The molecule has 3 heterocycles. The molecule has 6 rings (SSSR count). The first kappa shape index (κ1) is 27.7. The third kappa shape index (κ3) is 5.44. The first-order valence-electron chi connectivity index (χ1n) is 15.3. The van der Waals surface area contributed by atoms with Crippen molar-refractivity contribution in [3.63, 3.8) is 0 Å². The van der Waals surface area contributed by atoms with Gasteiger partial charge in [-0.25, -0.2) is 0 Å². The molecule has 4 atom stereocenters. The van der Waals surface area contributed by atoms with Crippen molar-refractivity contribution in [1.82, 2.24) is 19.8 Å². The van der Waals surface area contributed by atoms with Crippen LogP contribution < -0.4 is 9.64 Å². The molecule has 2 fully saturated rings. The average molecular weight is 555 g/mol. The van der Waals surface area contributed by atoms with Gasteiger partial charge < -0.3 is 19.4 Å². The van der Waals surface area contributed by atoms with Crippen molar-refractivity contribution in [2.45, 2.75) is 76.3 Å². The van der Waals surface area contributed by atoms with Crippen LogP contribution in [0.5, 0.6) is 6.01 Å². The monoisotopic (exact) mass is 554 g/mol. The van der Waals surface area contributed by atoms with Gasteiger partial charge in [-0.15, -0.1) is 0 Å². The molecule has 0 unspecified atom stereocenters. The van der Waals surface area contributed by atoms with Gasteiger partial charge in [0, 0.05) is 31.2 Å². The van der Waals surface area contributed by atoms with E-state index < -0.39 is 0 Å². The number of aryl methyl sites for hydroxylation is 1. The van der Waals surface area contributed by atoms with Gasteiger partial charge in [0.15, 0.2) is 0 Å². The lowest BCUT2D eigenvalue weighted by Crippen LogP contribution is -2.55. The second-order valence-corrected chi connectivity index (χ2v) is 12.4. The maximum absolute atomic E-state index is 12.5. The van der Waals surface area contributed by atoms with E-state index in [-0.39, 0.29) is 18.4 Å². The molecule has 8 nitrogen and oxygen atoms in total. The normalized spacial score (nSPS) is 25.9. The first-order chi connectivity index (χ1) is 20.0. The molecule has 1 aromatic heterocycles. The van der Waals surface area contributed by atoms with Crippen LogP contribution in [0.2, 0.25) is 0 Å². The Hall–Kier alpha value is -3.44. The molecule has 8 heteroatoms.